The Morgan fingerprint density at radius 3 is 2.53 bits per heavy atom. The van der Waals surface area contributed by atoms with Crippen LogP contribution in [0.25, 0.3) is 6.08 Å². The van der Waals surface area contributed by atoms with Crippen molar-refractivity contribution in [2.45, 2.75) is 27.3 Å². The number of carbonyl (C=O) groups is 1. The van der Waals surface area contributed by atoms with Crippen LogP contribution in [0.3, 0.4) is 0 Å². The van der Waals surface area contributed by atoms with E-state index in [0.29, 0.717) is 0 Å². The summed E-state index contributed by atoms with van der Waals surface area (Å²) in [7, 11) is 0. The van der Waals surface area contributed by atoms with E-state index in [4.69, 9.17) is 0 Å². The van der Waals surface area contributed by atoms with Gasteiger partial charge in [0.15, 0.2) is 5.78 Å². The van der Waals surface area contributed by atoms with Gasteiger partial charge >= 0.3 is 0 Å². The van der Waals surface area contributed by atoms with E-state index in [1.54, 1.807) is 18.5 Å². The first-order valence-electron chi connectivity index (χ1n) is 6.41. The van der Waals surface area contributed by atoms with Crippen molar-refractivity contribution in [3.05, 3.63) is 59.2 Å². The molecule has 1 heterocycles. The maximum atomic E-state index is 12.1. The quantitative estimate of drug-likeness (QED) is 0.619. The van der Waals surface area contributed by atoms with E-state index in [2.05, 4.69) is 18.0 Å². The van der Waals surface area contributed by atoms with Crippen molar-refractivity contribution in [3.8, 4) is 0 Å². The molecule has 0 amide bonds. The van der Waals surface area contributed by atoms with Crippen LogP contribution < -0.4 is 0 Å². The molecule has 0 radical (unpaired) electrons. The monoisotopic (exact) mass is 254 g/mol. The summed E-state index contributed by atoms with van der Waals surface area (Å²) in [4.78, 5) is 16.3. The zero-order chi connectivity index (χ0) is 13.8. The molecule has 0 aliphatic carbocycles. The highest BCUT2D eigenvalue weighted by atomic mass is 16.1. The number of aryl methyl sites for hydroxylation is 3. The Bertz CT molecular complexity index is 603. The van der Waals surface area contributed by atoms with Crippen LogP contribution in [0.15, 0.2) is 36.8 Å². The van der Waals surface area contributed by atoms with Crippen molar-refractivity contribution in [1.29, 1.82) is 0 Å². The molecule has 0 saturated heterocycles. The third-order valence-corrected chi connectivity index (χ3v) is 2.93. The summed E-state index contributed by atoms with van der Waals surface area (Å²) in [6, 6.07) is 5.87. The molecule has 0 aliphatic heterocycles. The summed E-state index contributed by atoms with van der Waals surface area (Å²) in [6.45, 7) is 6.93. The Labute approximate surface area is 113 Å². The van der Waals surface area contributed by atoms with Crippen LogP contribution in [0.1, 0.15) is 34.1 Å². The molecule has 2 aromatic rings. The molecular formula is C16H18N2O. The first-order valence-corrected chi connectivity index (χ1v) is 6.41. The molecule has 0 spiro atoms. The minimum atomic E-state index is 0.0119. The van der Waals surface area contributed by atoms with Gasteiger partial charge in [-0.2, -0.15) is 0 Å². The lowest BCUT2D eigenvalue weighted by molar-refractivity contribution is 0.104. The largest absolute Gasteiger partial charge is 0.337 e. The van der Waals surface area contributed by atoms with Crippen molar-refractivity contribution in [1.82, 2.24) is 9.55 Å². The van der Waals surface area contributed by atoms with E-state index in [0.717, 1.165) is 28.9 Å². The first-order chi connectivity index (χ1) is 9.08. The number of rotatable bonds is 4. The van der Waals surface area contributed by atoms with Crippen molar-refractivity contribution in [2.24, 2.45) is 0 Å². The smallest absolute Gasteiger partial charge is 0.185 e. The molecule has 3 heteroatoms. The Morgan fingerprint density at radius 1 is 1.26 bits per heavy atom. The SMILES string of the molecule is CCn1cnc(/C=C/C(=O)c2cc(C)cc(C)c2)c1. The Hall–Kier alpha value is -2.16. The van der Waals surface area contributed by atoms with Gasteiger partial charge in [-0.25, -0.2) is 4.98 Å². The molecule has 0 unspecified atom stereocenters. The highest BCUT2D eigenvalue weighted by molar-refractivity contribution is 6.06. The Morgan fingerprint density at radius 2 is 1.95 bits per heavy atom. The number of imidazole rings is 1. The second kappa shape index (κ2) is 5.65. The molecule has 1 aromatic carbocycles. The summed E-state index contributed by atoms with van der Waals surface area (Å²) >= 11 is 0. The number of allylic oxidation sites excluding steroid dienone is 1. The summed E-state index contributed by atoms with van der Waals surface area (Å²) in [6.07, 6.45) is 7.02. The van der Waals surface area contributed by atoms with Crippen LogP contribution in [0.5, 0.6) is 0 Å². The molecule has 0 aliphatic rings. The van der Waals surface area contributed by atoms with Crippen molar-refractivity contribution >= 4 is 11.9 Å². The maximum absolute atomic E-state index is 12.1. The van der Waals surface area contributed by atoms with Crippen LogP contribution >= 0.6 is 0 Å². The Kier molecular flexibility index (Phi) is 3.95. The van der Waals surface area contributed by atoms with Crippen molar-refractivity contribution < 1.29 is 4.79 Å². The Balaban J connectivity index is 2.16. The van der Waals surface area contributed by atoms with Gasteiger partial charge < -0.3 is 4.57 Å². The van der Waals surface area contributed by atoms with E-state index in [-0.39, 0.29) is 5.78 Å². The van der Waals surface area contributed by atoms with Crippen LogP contribution in [0.4, 0.5) is 0 Å². The molecule has 0 atom stereocenters. The van der Waals surface area contributed by atoms with Crippen LogP contribution in [-0.2, 0) is 6.54 Å². The highest BCUT2D eigenvalue weighted by Gasteiger charge is 2.03. The van der Waals surface area contributed by atoms with E-state index in [1.807, 2.05) is 36.7 Å². The predicted octanol–water partition coefficient (Wildman–Crippen LogP) is 3.42. The van der Waals surface area contributed by atoms with E-state index < -0.39 is 0 Å². The first kappa shape index (κ1) is 13.3. The van der Waals surface area contributed by atoms with Gasteiger partial charge in [-0.15, -0.1) is 0 Å². The molecule has 2 rings (SSSR count). The summed E-state index contributed by atoms with van der Waals surface area (Å²) in [5, 5.41) is 0. The third kappa shape index (κ3) is 3.41. The number of hydrogen-bond acceptors (Lipinski definition) is 2. The topological polar surface area (TPSA) is 34.9 Å². The zero-order valence-electron chi connectivity index (χ0n) is 11.6. The summed E-state index contributed by atoms with van der Waals surface area (Å²) in [5.74, 6) is 0.0119. The van der Waals surface area contributed by atoms with E-state index >= 15 is 0 Å². The molecule has 19 heavy (non-hydrogen) atoms. The lowest BCUT2D eigenvalue weighted by atomic mass is 10.0. The van der Waals surface area contributed by atoms with Gasteiger partial charge in [-0.3, -0.25) is 4.79 Å². The number of benzene rings is 1. The van der Waals surface area contributed by atoms with Crippen LogP contribution in [-0.4, -0.2) is 15.3 Å². The van der Waals surface area contributed by atoms with Gasteiger partial charge in [0.1, 0.15) is 0 Å². The standard InChI is InChI=1S/C16H18N2O/c1-4-18-10-15(17-11-18)5-6-16(19)14-8-12(2)7-13(3)9-14/h5-11H,4H2,1-3H3/b6-5+. The number of nitrogens with zero attached hydrogens (tertiary/aromatic N) is 2. The van der Waals surface area contributed by atoms with Crippen molar-refractivity contribution in [2.75, 3.05) is 0 Å². The molecule has 1 aromatic heterocycles. The lowest BCUT2D eigenvalue weighted by Gasteiger charge is -2.00. The second-order valence-electron chi connectivity index (χ2n) is 4.70. The minimum absolute atomic E-state index is 0.0119. The van der Waals surface area contributed by atoms with Crippen LogP contribution in [0, 0.1) is 13.8 Å². The molecule has 0 bridgehead atoms. The van der Waals surface area contributed by atoms with Gasteiger partial charge in [0.2, 0.25) is 0 Å². The van der Waals surface area contributed by atoms with Gasteiger partial charge in [-0.05, 0) is 45.1 Å². The predicted molar refractivity (Wildman–Crippen MR) is 77.2 cm³/mol. The fourth-order valence-corrected chi connectivity index (χ4v) is 2.01. The maximum Gasteiger partial charge on any atom is 0.185 e. The number of hydrogen-bond donors (Lipinski definition) is 0. The van der Waals surface area contributed by atoms with E-state index in [9.17, 15) is 4.79 Å². The lowest BCUT2D eigenvalue weighted by Crippen LogP contribution is -1.95. The third-order valence-electron chi connectivity index (χ3n) is 2.93. The average molecular weight is 254 g/mol. The zero-order valence-corrected chi connectivity index (χ0v) is 11.6. The summed E-state index contributed by atoms with van der Waals surface area (Å²) < 4.78 is 1.97. The van der Waals surface area contributed by atoms with Crippen LogP contribution in [0.2, 0.25) is 0 Å². The number of carbonyl (C=O) groups excluding carboxylic acids is 1. The van der Waals surface area contributed by atoms with Gasteiger partial charge in [-0.1, -0.05) is 17.2 Å². The molecule has 0 saturated carbocycles. The fraction of sp³-hybridized carbons (Fsp3) is 0.250. The molecule has 3 nitrogen and oxygen atoms in total. The van der Waals surface area contributed by atoms with Gasteiger partial charge in [0.05, 0.1) is 12.0 Å². The highest BCUT2D eigenvalue weighted by Crippen LogP contribution is 2.11. The number of ketones is 1. The molecular weight excluding hydrogens is 236 g/mol. The molecule has 98 valence electrons. The number of aromatic nitrogens is 2. The molecule has 0 fully saturated rings. The fourth-order valence-electron chi connectivity index (χ4n) is 2.01. The average Bonchev–Trinajstić information content (AvgIpc) is 2.82. The van der Waals surface area contributed by atoms with Gasteiger partial charge in [0, 0.05) is 18.3 Å². The van der Waals surface area contributed by atoms with Crippen molar-refractivity contribution in [3.63, 3.8) is 0 Å². The van der Waals surface area contributed by atoms with E-state index in [1.165, 1.54) is 0 Å². The summed E-state index contributed by atoms with van der Waals surface area (Å²) in [5.41, 5.74) is 3.74. The normalized spacial score (nSPS) is 11.1. The molecule has 0 N–H and O–H groups in total. The minimum Gasteiger partial charge on any atom is -0.337 e. The van der Waals surface area contributed by atoms with Gasteiger partial charge in [0.25, 0.3) is 0 Å². The second-order valence-corrected chi connectivity index (χ2v) is 4.70.